The summed E-state index contributed by atoms with van der Waals surface area (Å²) in [6, 6.07) is 26.2. The number of nitrogens with zero attached hydrogens (tertiary/aromatic N) is 2. The molecule has 0 aliphatic carbocycles. The highest BCUT2D eigenvalue weighted by atomic mass is 32.2. The van der Waals surface area contributed by atoms with E-state index in [1.807, 2.05) is 30.3 Å². The number of furan rings is 1. The highest BCUT2D eigenvalue weighted by molar-refractivity contribution is 7.74. The van der Waals surface area contributed by atoms with Gasteiger partial charge in [-0.15, -0.1) is 0 Å². The van der Waals surface area contributed by atoms with Gasteiger partial charge in [-0.25, -0.2) is 22.2 Å². The van der Waals surface area contributed by atoms with Crippen molar-refractivity contribution in [2.24, 2.45) is 0 Å². The Labute approximate surface area is 300 Å². The van der Waals surface area contributed by atoms with Gasteiger partial charge in [-0.05, 0) is 79.6 Å². The smallest absolute Gasteiger partial charge is 0.274 e. The molecule has 0 aliphatic heterocycles. The van der Waals surface area contributed by atoms with Gasteiger partial charge in [0.25, 0.3) is 11.8 Å². The Morgan fingerprint density at radius 3 is 2.21 bits per heavy atom. The topological polar surface area (TPSA) is 131 Å². The molecule has 0 radical (unpaired) electrons. The fourth-order valence-corrected chi connectivity index (χ4v) is 6.36. The van der Waals surface area contributed by atoms with Crippen LogP contribution in [0.15, 0.2) is 108 Å². The number of hydrogen-bond donors (Lipinski definition) is 3. The Morgan fingerprint density at radius 2 is 1.58 bits per heavy atom. The molecular weight excluding hydrogens is 691 g/mol. The van der Waals surface area contributed by atoms with Gasteiger partial charge in [-0.3, -0.25) is 13.9 Å². The third-order valence-corrected chi connectivity index (χ3v) is 9.34. The van der Waals surface area contributed by atoms with E-state index < -0.39 is 40.4 Å². The van der Waals surface area contributed by atoms with Crippen LogP contribution in [0, 0.1) is 11.6 Å². The van der Waals surface area contributed by atoms with Gasteiger partial charge in [-0.1, -0.05) is 42.5 Å². The predicted molar refractivity (Wildman–Crippen MR) is 195 cm³/mol. The van der Waals surface area contributed by atoms with Gasteiger partial charge < -0.3 is 19.8 Å². The average Bonchev–Trinajstić information content (AvgIpc) is 3.52. The molecule has 2 heterocycles. The summed E-state index contributed by atoms with van der Waals surface area (Å²) in [5.74, 6) is -1.67. The van der Waals surface area contributed by atoms with Crippen LogP contribution < -0.4 is 19.7 Å². The van der Waals surface area contributed by atoms with E-state index in [2.05, 4.69) is 10.6 Å². The first-order chi connectivity index (χ1) is 25.1. The second-order valence-electron chi connectivity index (χ2n) is 11.8. The summed E-state index contributed by atoms with van der Waals surface area (Å²) in [6.07, 6.45) is 0. The van der Waals surface area contributed by atoms with Crippen molar-refractivity contribution < 1.29 is 35.9 Å². The zero-order valence-corrected chi connectivity index (χ0v) is 29.2. The van der Waals surface area contributed by atoms with E-state index in [0.717, 1.165) is 9.87 Å². The number of anilines is 1. The number of benzene rings is 4. The zero-order chi connectivity index (χ0) is 36.9. The van der Waals surface area contributed by atoms with E-state index in [9.17, 15) is 26.8 Å². The Bertz CT molecular complexity index is 2320. The lowest BCUT2D eigenvalue weighted by Gasteiger charge is -2.20. The molecule has 266 valence electrons. The molecule has 2 N–H and O–H groups in total. The number of hydrogen-bond acceptors (Lipinski definition) is 7. The maximum Gasteiger partial charge on any atom is 0.274 e. The van der Waals surface area contributed by atoms with Crippen molar-refractivity contribution in [2.75, 3.05) is 17.9 Å². The van der Waals surface area contributed by atoms with Crippen molar-refractivity contribution in [1.29, 1.82) is 0 Å². The Kier molecular flexibility index (Phi) is 10.6. The van der Waals surface area contributed by atoms with Gasteiger partial charge in [0.1, 0.15) is 29.6 Å². The SMILES string of the molecule is CCN(c1cc2oc(-c3ccc(F)cc3)c(C(=O)NC)c2cc1-c1ccc(OCc2ccccc2)c(C(=O)N[C@H](C)c2ccc(F)cc2)n1)[SH](=O)=O. The molecule has 0 saturated heterocycles. The summed E-state index contributed by atoms with van der Waals surface area (Å²) in [6.45, 7) is 3.58. The molecule has 6 rings (SSSR count). The van der Waals surface area contributed by atoms with Crippen molar-refractivity contribution in [1.82, 2.24) is 15.6 Å². The third kappa shape index (κ3) is 7.49. The number of thiol groups is 1. The molecule has 52 heavy (non-hydrogen) atoms. The Hall–Kier alpha value is -6.08. The summed E-state index contributed by atoms with van der Waals surface area (Å²) in [5, 5.41) is 5.84. The van der Waals surface area contributed by atoms with E-state index in [1.165, 1.54) is 49.5 Å². The molecule has 6 aromatic rings. The van der Waals surface area contributed by atoms with Gasteiger partial charge in [0, 0.05) is 36.2 Å². The van der Waals surface area contributed by atoms with Crippen LogP contribution in [0.5, 0.6) is 5.75 Å². The molecule has 0 unspecified atom stereocenters. The first-order valence-corrected chi connectivity index (χ1v) is 17.5. The van der Waals surface area contributed by atoms with Crippen LogP contribution >= 0.6 is 0 Å². The summed E-state index contributed by atoms with van der Waals surface area (Å²) in [5.41, 5.74) is 2.84. The molecule has 13 heteroatoms. The molecule has 0 bridgehead atoms. The standard InChI is InChI=1S/C39H34F2N4O6S/c1-4-45(52(48)49)32-21-34-30(35(38(46)42-3)37(51-34)26-12-16-28(41)17-13-26)20-29(32)31-18-19-33(50-22-24-8-6-5-7-9-24)36(44-31)39(47)43-23(2)25-10-14-27(40)15-11-25/h5-21,23,52H,4,22H2,1-3H3,(H,42,46)(H,43,47)/t23-/m1/s1. The first kappa shape index (κ1) is 35.7. The lowest BCUT2D eigenvalue weighted by atomic mass is 10.0. The number of rotatable bonds is 12. The van der Waals surface area contributed by atoms with Crippen molar-refractivity contribution in [3.8, 4) is 28.3 Å². The number of pyridine rings is 1. The lowest BCUT2D eigenvalue weighted by Crippen LogP contribution is -2.28. The van der Waals surface area contributed by atoms with Crippen molar-refractivity contribution in [3.63, 3.8) is 0 Å². The van der Waals surface area contributed by atoms with Crippen LogP contribution in [0.2, 0.25) is 0 Å². The first-order valence-electron chi connectivity index (χ1n) is 16.3. The Balaban J connectivity index is 1.52. The molecule has 0 fully saturated rings. The summed E-state index contributed by atoms with van der Waals surface area (Å²) < 4.78 is 66.0. The second-order valence-corrected chi connectivity index (χ2v) is 12.7. The minimum absolute atomic E-state index is 0.0475. The highest BCUT2D eigenvalue weighted by Crippen LogP contribution is 2.41. The largest absolute Gasteiger partial charge is 0.486 e. The van der Waals surface area contributed by atoms with E-state index in [0.29, 0.717) is 16.5 Å². The van der Waals surface area contributed by atoms with Crippen molar-refractivity contribution in [2.45, 2.75) is 26.5 Å². The molecule has 10 nitrogen and oxygen atoms in total. The number of halogens is 2. The van der Waals surface area contributed by atoms with Crippen LogP contribution in [-0.4, -0.2) is 38.8 Å². The molecule has 2 amide bonds. The number of carbonyl (C=O) groups excluding carboxylic acids is 2. The quantitative estimate of drug-likeness (QED) is 0.114. The number of fused-ring (bicyclic) bond motifs is 1. The van der Waals surface area contributed by atoms with Crippen molar-refractivity contribution in [3.05, 3.63) is 137 Å². The number of amides is 2. The van der Waals surface area contributed by atoms with Gasteiger partial charge in [0.05, 0.1) is 23.0 Å². The summed E-state index contributed by atoms with van der Waals surface area (Å²) >= 11 is 0. The number of carbonyl (C=O) groups is 2. The predicted octanol–water partition coefficient (Wildman–Crippen LogP) is 7.22. The Morgan fingerprint density at radius 1 is 0.904 bits per heavy atom. The van der Waals surface area contributed by atoms with Crippen LogP contribution in [0.4, 0.5) is 14.5 Å². The van der Waals surface area contributed by atoms with Gasteiger partial charge in [0.15, 0.2) is 11.4 Å². The monoisotopic (exact) mass is 724 g/mol. The van der Waals surface area contributed by atoms with E-state index >= 15 is 0 Å². The fraction of sp³-hybridized carbons (Fsp3) is 0.154. The molecule has 0 saturated carbocycles. The van der Waals surface area contributed by atoms with Crippen LogP contribution in [-0.2, 0) is 17.5 Å². The van der Waals surface area contributed by atoms with Gasteiger partial charge in [0.2, 0.25) is 10.9 Å². The molecule has 2 aromatic heterocycles. The molecule has 4 aromatic carbocycles. The zero-order valence-electron chi connectivity index (χ0n) is 28.4. The number of ether oxygens (including phenoxy) is 1. The van der Waals surface area contributed by atoms with E-state index in [-0.39, 0.29) is 58.4 Å². The van der Waals surface area contributed by atoms with Crippen LogP contribution in [0.3, 0.4) is 0 Å². The van der Waals surface area contributed by atoms with Gasteiger partial charge in [-0.2, -0.15) is 0 Å². The minimum Gasteiger partial charge on any atom is -0.486 e. The average molecular weight is 725 g/mol. The molecule has 1 atom stereocenters. The third-order valence-electron chi connectivity index (χ3n) is 8.45. The maximum absolute atomic E-state index is 13.9. The van der Waals surface area contributed by atoms with Crippen LogP contribution in [0.1, 0.15) is 51.9 Å². The van der Waals surface area contributed by atoms with Crippen LogP contribution in [0.25, 0.3) is 33.6 Å². The second kappa shape index (κ2) is 15.4. The molecule has 0 spiro atoms. The van der Waals surface area contributed by atoms with Gasteiger partial charge >= 0.3 is 0 Å². The molecular formula is C39H34F2N4O6S. The number of aromatic nitrogens is 1. The lowest BCUT2D eigenvalue weighted by molar-refractivity contribution is 0.0928. The fourth-order valence-electron chi connectivity index (χ4n) is 5.79. The minimum atomic E-state index is -3.15. The van der Waals surface area contributed by atoms with E-state index in [4.69, 9.17) is 14.1 Å². The van der Waals surface area contributed by atoms with E-state index in [1.54, 1.807) is 44.2 Å². The normalized spacial score (nSPS) is 11.7. The molecule has 0 aliphatic rings. The maximum atomic E-state index is 13.9. The van der Waals surface area contributed by atoms with Crippen molar-refractivity contribution >= 4 is 39.4 Å². The highest BCUT2D eigenvalue weighted by Gasteiger charge is 2.27. The summed E-state index contributed by atoms with van der Waals surface area (Å²) in [4.78, 5) is 32.0. The summed E-state index contributed by atoms with van der Waals surface area (Å²) in [7, 11) is -1.69. The number of nitrogens with one attached hydrogen (secondary N) is 2.